The number of carbonyl (C=O) groups excluding carboxylic acids is 1. The second kappa shape index (κ2) is 6.94. The highest BCUT2D eigenvalue weighted by Gasteiger charge is 2.41. The third-order valence-corrected chi connectivity index (χ3v) is 6.71. The highest BCUT2D eigenvalue weighted by molar-refractivity contribution is 5.87. The normalized spacial score (nSPS) is 24.7. The molecule has 0 atom stereocenters. The fourth-order valence-corrected chi connectivity index (χ4v) is 5.10. The number of nitrogens with two attached hydrogens (primary N) is 1. The molecule has 3 aliphatic rings. The standard InChI is InChI=1S/C20H30N4O/c21-19(25)20(9-3-4-10-20)16-7-8-18(22-15-16)24-13-11-23(12-14-24)17-5-1-2-6-17/h7-8,15,17H,1-6,9-14H2,(H2,21,25). The van der Waals surface area contributed by atoms with Crippen molar-refractivity contribution in [3.63, 3.8) is 0 Å². The van der Waals surface area contributed by atoms with Gasteiger partial charge in [0.25, 0.3) is 0 Å². The molecule has 5 heteroatoms. The van der Waals surface area contributed by atoms with Crippen LogP contribution in [0, 0.1) is 0 Å². The predicted octanol–water partition coefficient (Wildman–Crippen LogP) is 2.44. The summed E-state index contributed by atoms with van der Waals surface area (Å²) in [5.41, 5.74) is 6.26. The van der Waals surface area contributed by atoms with E-state index in [1.54, 1.807) is 0 Å². The Hall–Kier alpha value is -1.62. The van der Waals surface area contributed by atoms with Gasteiger partial charge >= 0.3 is 0 Å². The molecule has 2 aliphatic carbocycles. The highest BCUT2D eigenvalue weighted by atomic mass is 16.1. The molecule has 5 nitrogen and oxygen atoms in total. The number of anilines is 1. The number of amides is 1. The number of hydrogen-bond acceptors (Lipinski definition) is 4. The van der Waals surface area contributed by atoms with Crippen LogP contribution in [0.25, 0.3) is 0 Å². The third kappa shape index (κ3) is 3.14. The SMILES string of the molecule is NC(=O)C1(c2ccc(N3CCN(C4CCCC4)CC3)nc2)CCCC1. The van der Waals surface area contributed by atoms with E-state index in [0.717, 1.165) is 69.3 Å². The first kappa shape index (κ1) is 16.8. The Morgan fingerprint density at radius 1 is 1.04 bits per heavy atom. The van der Waals surface area contributed by atoms with Gasteiger partial charge in [0.05, 0.1) is 5.41 Å². The van der Waals surface area contributed by atoms with Crippen molar-refractivity contribution in [3.05, 3.63) is 23.9 Å². The number of aromatic nitrogens is 1. The highest BCUT2D eigenvalue weighted by Crippen LogP contribution is 2.41. The first-order valence-corrected chi connectivity index (χ1v) is 9.94. The molecule has 1 saturated heterocycles. The predicted molar refractivity (Wildman–Crippen MR) is 99.6 cm³/mol. The number of primary amides is 1. The first-order valence-electron chi connectivity index (χ1n) is 9.94. The number of pyridine rings is 1. The van der Waals surface area contributed by atoms with Crippen LogP contribution in [0.4, 0.5) is 5.82 Å². The van der Waals surface area contributed by atoms with Crippen LogP contribution < -0.4 is 10.6 Å². The molecular formula is C20H30N4O. The summed E-state index contributed by atoms with van der Waals surface area (Å²) in [5.74, 6) is 0.845. The zero-order valence-corrected chi connectivity index (χ0v) is 15.1. The Labute approximate surface area is 150 Å². The minimum Gasteiger partial charge on any atom is -0.369 e. The van der Waals surface area contributed by atoms with E-state index in [4.69, 9.17) is 10.7 Å². The lowest BCUT2D eigenvalue weighted by Crippen LogP contribution is -2.50. The number of rotatable bonds is 4. The number of nitrogens with zero attached hydrogens (tertiary/aromatic N) is 3. The van der Waals surface area contributed by atoms with Crippen molar-refractivity contribution in [1.82, 2.24) is 9.88 Å². The van der Waals surface area contributed by atoms with Gasteiger partial charge in [-0.25, -0.2) is 4.98 Å². The van der Waals surface area contributed by atoms with Crippen LogP contribution in [0.15, 0.2) is 18.3 Å². The van der Waals surface area contributed by atoms with E-state index in [2.05, 4.69) is 21.9 Å². The topological polar surface area (TPSA) is 62.5 Å². The minimum atomic E-state index is -0.479. The van der Waals surface area contributed by atoms with Crippen molar-refractivity contribution >= 4 is 11.7 Å². The van der Waals surface area contributed by atoms with E-state index in [-0.39, 0.29) is 5.91 Å². The molecule has 0 radical (unpaired) electrons. The Balaban J connectivity index is 1.42. The van der Waals surface area contributed by atoms with Crippen molar-refractivity contribution in [1.29, 1.82) is 0 Å². The van der Waals surface area contributed by atoms with E-state index < -0.39 is 5.41 Å². The monoisotopic (exact) mass is 342 g/mol. The molecule has 1 amide bonds. The maximum Gasteiger partial charge on any atom is 0.228 e. The maximum atomic E-state index is 12.1. The summed E-state index contributed by atoms with van der Waals surface area (Å²) < 4.78 is 0. The van der Waals surface area contributed by atoms with Gasteiger partial charge in [0, 0.05) is 38.4 Å². The van der Waals surface area contributed by atoms with Crippen molar-refractivity contribution in [3.8, 4) is 0 Å². The van der Waals surface area contributed by atoms with Gasteiger partial charge in [-0.3, -0.25) is 9.69 Å². The average Bonchev–Trinajstić information content (AvgIpc) is 3.35. The van der Waals surface area contributed by atoms with Crippen LogP contribution in [0.5, 0.6) is 0 Å². The first-order chi connectivity index (χ1) is 12.2. The molecule has 0 unspecified atom stereocenters. The quantitative estimate of drug-likeness (QED) is 0.913. The fourth-order valence-electron chi connectivity index (χ4n) is 5.10. The molecule has 0 aromatic carbocycles. The maximum absolute atomic E-state index is 12.1. The van der Waals surface area contributed by atoms with Gasteiger partial charge in [-0.05, 0) is 37.3 Å². The Morgan fingerprint density at radius 3 is 2.28 bits per heavy atom. The zero-order chi connectivity index (χ0) is 17.3. The van der Waals surface area contributed by atoms with Gasteiger partial charge < -0.3 is 10.6 Å². The molecule has 2 N–H and O–H groups in total. The molecule has 1 aliphatic heterocycles. The molecule has 1 aromatic rings. The van der Waals surface area contributed by atoms with E-state index in [9.17, 15) is 4.79 Å². The summed E-state index contributed by atoms with van der Waals surface area (Å²) in [4.78, 5) is 21.8. The smallest absolute Gasteiger partial charge is 0.228 e. The Bertz CT molecular complexity index is 595. The summed E-state index contributed by atoms with van der Waals surface area (Å²) >= 11 is 0. The van der Waals surface area contributed by atoms with E-state index >= 15 is 0 Å². The molecular weight excluding hydrogens is 312 g/mol. The van der Waals surface area contributed by atoms with Gasteiger partial charge in [0.2, 0.25) is 5.91 Å². The van der Waals surface area contributed by atoms with Crippen LogP contribution in [-0.4, -0.2) is 48.0 Å². The van der Waals surface area contributed by atoms with Gasteiger partial charge in [0.1, 0.15) is 5.82 Å². The summed E-state index contributed by atoms with van der Waals surface area (Å²) in [6.07, 6.45) is 11.3. The second-order valence-corrected chi connectivity index (χ2v) is 8.02. The molecule has 3 fully saturated rings. The second-order valence-electron chi connectivity index (χ2n) is 8.02. The van der Waals surface area contributed by atoms with Gasteiger partial charge in [-0.15, -0.1) is 0 Å². The lowest BCUT2D eigenvalue weighted by Gasteiger charge is -2.38. The summed E-state index contributed by atoms with van der Waals surface area (Å²) in [6, 6.07) is 4.99. The van der Waals surface area contributed by atoms with E-state index in [1.807, 2.05) is 6.20 Å². The molecule has 4 rings (SSSR count). The molecule has 25 heavy (non-hydrogen) atoms. The molecule has 2 saturated carbocycles. The summed E-state index contributed by atoms with van der Waals surface area (Å²) in [6.45, 7) is 4.37. The minimum absolute atomic E-state index is 0.190. The van der Waals surface area contributed by atoms with Crippen molar-refractivity contribution in [2.24, 2.45) is 5.73 Å². The Morgan fingerprint density at radius 2 is 1.72 bits per heavy atom. The number of piperazine rings is 1. The lowest BCUT2D eigenvalue weighted by molar-refractivity contribution is -0.123. The van der Waals surface area contributed by atoms with Crippen molar-refractivity contribution < 1.29 is 4.79 Å². The van der Waals surface area contributed by atoms with Gasteiger partial charge in [-0.1, -0.05) is 31.7 Å². The van der Waals surface area contributed by atoms with Gasteiger partial charge in [-0.2, -0.15) is 0 Å². The van der Waals surface area contributed by atoms with E-state index in [1.165, 1.54) is 25.7 Å². The van der Waals surface area contributed by atoms with Crippen LogP contribution in [-0.2, 0) is 10.2 Å². The largest absolute Gasteiger partial charge is 0.369 e. The molecule has 0 spiro atoms. The molecule has 2 heterocycles. The molecule has 136 valence electrons. The van der Waals surface area contributed by atoms with Crippen molar-refractivity contribution in [2.75, 3.05) is 31.1 Å². The lowest BCUT2D eigenvalue weighted by atomic mass is 9.79. The fraction of sp³-hybridized carbons (Fsp3) is 0.700. The molecule has 0 bridgehead atoms. The van der Waals surface area contributed by atoms with Crippen LogP contribution in [0.2, 0.25) is 0 Å². The van der Waals surface area contributed by atoms with E-state index in [0.29, 0.717) is 0 Å². The average molecular weight is 342 g/mol. The van der Waals surface area contributed by atoms with Crippen molar-refractivity contribution in [2.45, 2.75) is 62.8 Å². The third-order valence-electron chi connectivity index (χ3n) is 6.71. The van der Waals surface area contributed by atoms with Crippen LogP contribution in [0.1, 0.15) is 56.9 Å². The number of carbonyl (C=O) groups is 1. The molecule has 1 aromatic heterocycles. The summed E-state index contributed by atoms with van der Waals surface area (Å²) in [5, 5.41) is 0. The zero-order valence-electron chi connectivity index (χ0n) is 15.1. The van der Waals surface area contributed by atoms with Crippen LogP contribution in [0.3, 0.4) is 0 Å². The number of hydrogen-bond donors (Lipinski definition) is 1. The van der Waals surface area contributed by atoms with Crippen LogP contribution >= 0.6 is 0 Å². The Kier molecular flexibility index (Phi) is 4.67. The summed E-state index contributed by atoms with van der Waals surface area (Å²) in [7, 11) is 0. The van der Waals surface area contributed by atoms with Gasteiger partial charge in [0.15, 0.2) is 0 Å².